The van der Waals surface area contributed by atoms with E-state index in [-0.39, 0.29) is 19.0 Å². The van der Waals surface area contributed by atoms with Crippen molar-refractivity contribution in [3.63, 3.8) is 0 Å². The Morgan fingerprint density at radius 1 is 0.947 bits per heavy atom. The molecule has 0 radical (unpaired) electrons. The van der Waals surface area contributed by atoms with Gasteiger partial charge in [0.15, 0.2) is 5.78 Å². The Morgan fingerprint density at radius 2 is 1.58 bits per heavy atom. The molecule has 0 amide bonds. The van der Waals surface area contributed by atoms with Gasteiger partial charge in [-0.3, -0.25) is 4.79 Å². The number of rotatable bonds is 4. The van der Waals surface area contributed by atoms with Crippen LogP contribution in [0, 0.1) is 11.8 Å². The highest BCUT2D eigenvalue weighted by Gasteiger charge is 2.03. The standard InChI is InChI=1S/C17H14O2/c18-17(16-11-5-2-6-12-16)14-19-13-7-10-15-8-3-1-4-9-15/h1-6,8-9,11-12H,13-14H2. The number of benzene rings is 2. The number of Topliss-reactive ketones (excluding diaryl/α,β-unsaturated/α-hetero) is 1. The van der Waals surface area contributed by atoms with Crippen molar-refractivity contribution >= 4 is 5.78 Å². The molecule has 0 aliphatic heterocycles. The van der Waals surface area contributed by atoms with Gasteiger partial charge in [-0.1, -0.05) is 60.4 Å². The van der Waals surface area contributed by atoms with E-state index in [0.717, 1.165) is 5.56 Å². The van der Waals surface area contributed by atoms with Crippen molar-refractivity contribution in [1.29, 1.82) is 0 Å². The zero-order chi connectivity index (χ0) is 13.3. The van der Waals surface area contributed by atoms with Crippen LogP contribution in [0.25, 0.3) is 0 Å². The molecule has 0 saturated heterocycles. The summed E-state index contributed by atoms with van der Waals surface area (Å²) in [6.07, 6.45) is 0. The zero-order valence-electron chi connectivity index (χ0n) is 10.5. The van der Waals surface area contributed by atoms with Gasteiger partial charge in [0.2, 0.25) is 0 Å². The molecule has 2 aromatic carbocycles. The van der Waals surface area contributed by atoms with Crippen LogP contribution in [0.4, 0.5) is 0 Å². The van der Waals surface area contributed by atoms with Gasteiger partial charge < -0.3 is 4.74 Å². The summed E-state index contributed by atoms with van der Waals surface area (Å²) in [5.74, 6) is 5.83. The van der Waals surface area contributed by atoms with E-state index in [2.05, 4.69) is 11.8 Å². The van der Waals surface area contributed by atoms with Crippen molar-refractivity contribution in [3.8, 4) is 11.8 Å². The predicted molar refractivity (Wildman–Crippen MR) is 74.9 cm³/mol. The van der Waals surface area contributed by atoms with Crippen LogP contribution in [-0.2, 0) is 4.74 Å². The third-order valence-corrected chi connectivity index (χ3v) is 2.51. The first kappa shape index (κ1) is 13.1. The van der Waals surface area contributed by atoms with Crippen molar-refractivity contribution in [2.45, 2.75) is 0 Å². The maximum Gasteiger partial charge on any atom is 0.188 e. The highest BCUT2D eigenvalue weighted by Crippen LogP contribution is 2.00. The normalized spacial score (nSPS) is 9.47. The minimum absolute atomic E-state index is 0.0258. The number of ether oxygens (including phenoxy) is 1. The van der Waals surface area contributed by atoms with E-state index in [0.29, 0.717) is 5.56 Å². The van der Waals surface area contributed by atoms with Crippen molar-refractivity contribution in [2.75, 3.05) is 13.2 Å². The fraction of sp³-hybridized carbons (Fsp3) is 0.118. The molecule has 0 heterocycles. The fourth-order valence-corrected chi connectivity index (χ4v) is 1.56. The zero-order valence-corrected chi connectivity index (χ0v) is 10.5. The molecule has 0 atom stereocenters. The highest BCUT2D eigenvalue weighted by molar-refractivity contribution is 5.96. The maximum absolute atomic E-state index is 11.7. The van der Waals surface area contributed by atoms with Gasteiger partial charge in [-0.15, -0.1) is 0 Å². The van der Waals surface area contributed by atoms with Gasteiger partial charge in [0, 0.05) is 11.1 Å². The maximum atomic E-state index is 11.7. The monoisotopic (exact) mass is 250 g/mol. The average molecular weight is 250 g/mol. The molecule has 0 aliphatic rings. The Bertz CT molecular complexity index is 577. The molecule has 94 valence electrons. The lowest BCUT2D eigenvalue weighted by atomic mass is 10.1. The third-order valence-electron chi connectivity index (χ3n) is 2.51. The first-order valence-corrected chi connectivity index (χ1v) is 6.06. The molecule has 0 spiro atoms. The van der Waals surface area contributed by atoms with E-state index in [4.69, 9.17) is 4.74 Å². The predicted octanol–water partition coefficient (Wildman–Crippen LogP) is 2.94. The lowest BCUT2D eigenvalue weighted by Crippen LogP contribution is -2.08. The average Bonchev–Trinajstić information content (AvgIpc) is 2.49. The molecule has 0 saturated carbocycles. The quantitative estimate of drug-likeness (QED) is 0.474. The van der Waals surface area contributed by atoms with Crippen molar-refractivity contribution in [2.24, 2.45) is 0 Å². The van der Waals surface area contributed by atoms with Crippen LogP contribution in [0.2, 0.25) is 0 Å². The van der Waals surface area contributed by atoms with E-state index in [1.54, 1.807) is 12.1 Å². The first-order chi connectivity index (χ1) is 9.36. The van der Waals surface area contributed by atoms with Gasteiger partial charge in [-0.25, -0.2) is 0 Å². The SMILES string of the molecule is O=C(COCC#Cc1ccccc1)c1ccccc1. The molecular formula is C17H14O2. The minimum atomic E-state index is -0.0258. The summed E-state index contributed by atoms with van der Waals surface area (Å²) in [4.78, 5) is 11.7. The molecule has 0 bridgehead atoms. The van der Waals surface area contributed by atoms with Crippen LogP contribution >= 0.6 is 0 Å². The fourth-order valence-electron chi connectivity index (χ4n) is 1.56. The number of carbonyl (C=O) groups is 1. The van der Waals surface area contributed by atoms with Crippen LogP contribution in [0.1, 0.15) is 15.9 Å². The van der Waals surface area contributed by atoms with Crippen molar-refractivity contribution in [1.82, 2.24) is 0 Å². The molecule has 0 fully saturated rings. The van der Waals surface area contributed by atoms with Gasteiger partial charge in [0.05, 0.1) is 0 Å². The Labute approximate surface area is 113 Å². The Hall–Kier alpha value is -2.37. The number of carbonyl (C=O) groups excluding carboxylic acids is 1. The lowest BCUT2D eigenvalue weighted by molar-refractivity contribution is 0.0812. The van der Waals surface area contributed by atoms with Crippen LogP contribution in [0.5, 0.6) is 0 Å². The van der Waals surface area contributed by atoms with E-state index in [1.165, 1.54) is 0 Å². The van der Waals surface area contributed by atoms with Crippen LogP contribution in [0.3, 0.4) is 0 Å². The highest BCUT2D eigenvalue weighted by atomic mass is 16.5. The molecule has 2 aromatic rings. The summed E-state index contributed by atoms with van der Waals surface area (Å²) in [6, 6.07) is 18.8. The number of ketones is 1. The van der Waals surface area contributed by atoms with Crippen molar-refractivity contribution < 1.29 is 9.53 Å². The molecule has 2 rings (SSSR count). The summed E-state index contributed by atoms with van der Waals surface area (Å²) in [5.41, 5.74) is 1.61. The van der Waals surface area contributed by atoms with E-state index in [1.807, 2.05) is 48.5 Å². The molecule has 0 unspecified atom stereocenters. The van der Waals surface area contributed by atoms with Gasteiger partial charge in [-0.05, 0) is 12.1 Å². The Morgan fingerprint density at radius 3 is 2.26 bits per heavy atom. The van der Waals surface area contributed by atoms with Crippen LogP contribution in [0.15, 0.2) is 60.7 Å². The summed E-state index contributed by atoms with van der Waals surface area (Å²) < 4.78 is 5.25. The van der Waals surface area contributed by atoms with Crippen LogP contribution in [-0.4, -0.2) is 19.0 Å². The third kappa shape index (κ3) is 4.42. The number of hydrogen-bond donors (Lipinski definition) is 0. The Balaban J connectivity index is 1.76. The lowest BCUT2D eigenvalue weighted by Gasteiger charge is -1.99. The van der Waals surface area contributed by atoms with E-state index >= 15 is 0 Å². The smallest absolute Gasteiger partial charge is 0.188 e. The van der Waals surface area contributed by atoms with Gasteiger partial charge in [-0.2, -0.15) is 0 Å². The minimum Gasteiger partial charge on any atom is -0.361 e. The first-order valence-electron chi connectivity index (χ1n) is 6.06. The second-order valence-corrected chi connectivity index (χ2v) is 3.95. The second kappa shape index (κ2) is 7.15. The molecule has 2 heteroatoms. The van der Waals surface area contributed by atoms with E-state index < -0.39 is 0 Å². The summed E-state index contributed by atoms with van der Waals surface area (Å²) >= 11 is 0. The van der Waals surface area contributed by atoms with Gasteiger partial charge in [0.1, 0.15) is 13.2 Å². The topological polar surface area (TPSA) is 26.3 Å². The van der Waals surface area contributed by atoms with Crippen LogP contribution < -0.4 is 0 Å². The summed E-state index contributed by atoms with van der Waals surface area (Å²) in [7, 11) is 0. The molecular weight excluding hydrogens is 236 g/mol. The number of hydrogen-bond acceptors (Lipinski definition) is 2. The Kier molecular flexibility index (Phi) is 4.92. The molecule has 2 nitrogen and oxygen atoms in total. The van der Waals surface area contributed by atoms with Gasteiger partial charge in [0.25, 0.3) is 0 Å². The molecule has 19 heavy (non-hydrogen) atoms. The summed E-state index contributed by atoms with van der Waals surface area (Å²) in [5, 5.41) is 0. The second-order valence-electron chi connectivity index (χ2n) is 3.95. The van der Waals surface area contributed by atoms with Gasteiger partial charge >= 0.3 is 0 Å². The van der Waals surface area contributed by atoms with E-state index in [9.17, 15) is 4.79 Å². The molecule has 0 N–H and O–H groups in total. The molecule has 0 aliphatic carbocycles. The molecule has 0 aromatic heterocycles. The van der Waals surface area contributed by atoms with Crippen molar-refractivity contribution in [3.05, 3.63) is 71.8 Å². The summed E-state index contributed by atoms with van der Waals surface area (Å²) in [6.45, 7) is 0.320. The largest absolute Gasteiger partial charge is 0.361 e.